The molecule has 0 aromatic carbocycles. The van der Waals surface area contributed by atoms with E-state index in [0.717, 1.165) is 0 Å². The fraction of sp³-hybridized carbons (Fsp3) is 0.333. The van der Waals surface area contributed by atoms with Gasteiger partial charge in [0.25, 0.3) is 0 Å². The fourth-order valence-electron chi connectivity index (χ4n) is 0.253. The van der Waals surface area contributed by atoms with Crippen LogP contribution in [0.2, 0.25) is 0 Å². The molecule has 2 heteroatoms. The van der Waals surface area contributed by atoms with Crippen LogP contribution in [-0.2, 0) is 0 Å². The van der Waals surface area contributed by atoms with Crippen molar-refractivity contribution in [1.82, 2.24) is 0 Å². The van der Waals surface area contributed by atoms with E-state index in [2.05, 4.69) is 13.2 Å². The highest BCUT2D eigenvalue weighted by atomic mass is 16.3. The number of aliphatic hydroxyl groups is 2. The zero-order valence-corrected chi connectivity index (χ0v) is 4.67. The molecule has 0 fully saturated rings. The summed E-state index contributed by atoms with van der Waals surface area (Å²) in [6.07, 6.45) is 0.577. The summed E-state index contributed by atoms with van der Waals surface area (Å²) in [5, 5.41) is 17.0. The maximum atomic E-state index is 8.71. The van der Waals surface area contributed by atoms with Gasteiger partial charge in [0, 0.05) is 0 Å². The number of hydrogen-bond acceptors (Lipinski definition) is 2. The van der Waals surface area contributed by atoms with Gasteiger partial charge in [-0.1, -0.05) is 19.2 Å². The molecule has 0 aromatic rings. The van der Waals surface area contributed by atoms with Crippen LogP contribution in [0.4, 0.5) is 0 Å². The largest absolute Gasteiger partial charge is 0.393 e. The number of aliphatic hydroxyl groups excluding tert-OH is 2. The summed E-state index contributed by atoms with van der Waals surface area (Å²) >= 11 is 0. The topological polar surface area (TPSA) is 40.5 Å². The maximum absolute atomic E-state index is 8.71. The van der Waals surface area contributed by atoms with Crippen LogP contribution >= 0.6 is 0 Å². The van der Waals surface area contributed by atoms with Crippen molar-refractivity contribution in [2.75, 3.05) is 6.61 Å². The standard InChI is InChI=1S/C6H10O2/c1-3-5(2)6(8)4-7/h3,6-8H,1-2,4H2/t6-/m0/s1. The molecule has 0 spiro atoms. The van der Waals surface area contributed by atoms with Crippen molar-refractivity contribution in [3.63, 3.8) is 0 Å². The minimum absolute atomic E-state index is 0.287. The minimum atomic E-state index is -0.840. The van der Waals surface area contributed by atoms with Crippen LogP contribution in [0.3, 0.4) is 0 Å². The van der Waals surface area contributed by atoms with Gasteiger partial charge in [-0.3, -0.25) is 0 Å². The Hall–Kier alpha value is -0.600. The van der Waals surface area contributed by atoms with Crippen molar-refractivity contribution in [2.45, 2.75) is 6.10 Å². The average Bonchev–Trinajstić information content (AvgIpc) is 1.84. The molecule has 2 N–H and O–H groups in total. The summed E-state index contributed by atoms with van der Waals surface area (Å²) < 4.78 is 0. The van der Waals surface area contributed by atoms with Crippen molar-refractivity contribution >= 4 is 0 Å². The second-order valence-corrected chi connectivity index (χ2v) is 1.48. The van der Waals surface area contributed by atoms with Crippen LogP contribution in [0.15, 0.2) is 24.8 Å². The maximum Gasteiger partial charge on any atom is 0.101 e. The Balaban J connectivity index is 3.62. The molecule has 0 rings (SSSR count). The van der Waals surface area contributed by atoms with Gasteiger partial charge < -0.3 is 10.2 Å². The van der Waals surface area contributed by atoms with Gasteiger partial charge >= 0.3 is 0 Å². The Morgan fingerprint density at radius 1 is 1.75 bits per heavy atom. The molecule has 2 nitrogen and oxygen atoms in total. The van der Waals surface area contributed by atoms with Gasteiger partial charge in [-0.2, -0.15) is 0 Å². The van der Waals surface area contributed by atoms with Gasteiger partial charge in [0.05, 0.1) is 6.61 Å². The van der Waals surface area contributed by atoms with Crippen LogP contribution in [0, 0.1) is 0 Å². The molecule has 0 amide bonds. The average molecular weight is 114 g/mol. The molecular formula is C6H10O2. The Labute approximate surface area is 48.8 Å². The van der Waals surface area contributed by atoms with Crippen LogP contribution in [0.25, 0.3) is 0 Å². The predicted molar refractivity (Wildman–Crippen MR) is 32.4 cm³/mol. The lowest BCUT2D eigenvalue weighted by Crippen LogP contribution is -2.12. The van der Waals surface area contributed by atoms with E-state index in [0.29, 0.717) is 5.57 Å². The van der Waals surface area contributed by atoms with E-state index in [1.54, 1.807) is 0 Å². The number of hydrogen-bond donors (Lipinski definition) is 2. The third kappa shape index (κ3) is 1.91. The first-order valence-corrected chi connectivity index (χ1v) is 2.32. The lowest BCUT2D eigenvalue weighted by molar-refractivity contribution is 0.125. The highest BCUT2D eigenvalue weighted by molar-refractivity contribution is 5.15. The highest BCUT2D eigenvalue weighted by Gasteiger charge is 2.00. The van der Waals surface area contributed by atoms with Gasteiger partial charge in [0.1, 0.15) is 6.10 Å². The van der Waals surface area contributed by atoms with E-state index in [9.17, 15) is 0 Å². The second kappa shape index (κ2) is 3.41. The van der Waals surface area contributed by atoms with E-state index in [1.807, 2.05) is 0 Å². The van der Waals surface area contributed by atoms with Crippen LogP contribution < -0.4 is 0 Å². The van der Waals surface area contributed by atoms with Crippen molar-refractivity contribution in [3.05, 3.63) is 24.8 Å². The summed E-state index contributed by atoms with van der Waals surface area (Å²) in [7, 11) is 0. The highest BCUT2D eigenvalue weighted by Crippen LogP contribution is 1.97. The minimum Gasteiger partial charge on any atom is -0.393 e. The SMILES string of the molecule is C=CC(=C)[C@@H](O)CO. The summed E-state index contributed by atoms with van der Waals surface area (Å²) in [4.78, 5) is 0. The second-order valence-electron chi connectivity index (χ2n) is 1.48. The van der Waals surface area contributed by atoms with Crippen LogP contribution in [0.5, 0.6) is 0 Å². The molecule has 0 radical (unpaired) electrons. The molecule has 1 atom stereocenters. The summed E-state index contributed by atoms with van der Waals surface area (Å²) in [5.74, 6) is 0. The zero-order chi connectivity index (χ0) is 6.57. The lowest BCUT2D eigenvalue weighted by Gasteiger charge is -2.03. The smallest absolute Gasteiger partial charge is 0.101 e. The van der Waals surface area contributed by atoms with E-state index in [1.165, 1.54) is 6.08 Å². The Bertz CT molecular complexity index is 96.7. The van der Waals surface area contributed by atoms with Crippen molar-refractivity contribution in [2.24, 2.45) is 0 Å². The molecule has 0 aliphatic rings. The fourth-order valence-corrected chi connectivity index (χ4v) is 0.253. The van der Waals surface area contributed by atoms with Gasteiger partial charge in [-0.15, -0.1) is 0 Å². The van der Waals surface area contributed by atoms with Crippen molar-refractivity contribution in [1.29, 1.82) is 0 Å². The van der Waals surface area contributed by atoms with E-state index in [4.69, 9.17) is 10.2 Å². The molecule has 0 saturated carbocycles. The van der Waals surface area contributed by atoms with Gasteiger partial charge in [0.15, 0.2) is 0 Å². The molecule has 8 heavy (non-hydrogen) atoms. The van der Waals surface area contributed by atoms with E-state index >= 15 is 0 Å². The van der Waals surface area contributed by atoms with Gasteiger partial charge in [-0.05, 0) is 5.57 Å². The first kappa shape index (κ1) is 7.40. The molecule has 0 saturated heterocycles. The quantitative estimate of drug-likeness (QED) is 0.510. The van der Waals surface area contributed by atoms with Gasteiger partial charge in [0.2, 0.25) is 0 Å². The molecule has 0 aliphatic carbocycles. The number of rotatable bonds is 3. The molecule has 0 aliphatic heterocycles. The van der Waals surface area contributed by atoms with Crippen LogP contribution in [-0.4, -0.2) is 22.9 Å². The van der Waals surface area contributed by atoms with E-state index in [-0.39, 0.29) is 6.61 Å². The summed E-state index contributed by atoms with van der Waals surface area (Å²) in [5.41, 5.74) is 0.451. The van der Waals surface area contributed by atoms with Crippen molar-refractivity contribution in [3.8, 4) is 0 Å². The third-order valence-electron chi connectivity index (χ3n) is 0.863. The molecule has 0 unspecified atom stereocenters. The molecule has 46 valence electrons. The van der Waals surface area contributed by atoms with E-state index < -0.39 is 6.10 Å². The molecule has 0 bridgehead atoms. The Morgan fingerprint density at radius 2 is 2.25 bits per heavy atom. The van der Waals surface area contributed by atoms with Crippen molar-refractivity contribution < 1.29 is 10.2 Å². The molecule has 0 heterocycles. The monoisotopic (exact) mass is 114 g/mol. The lowest BCUT2D eigenvalue weighted by atomic mass is 10.2. The predicted octanol–water partition coefficient (Wildman–Crippen LogP) is 0.0818. The first-order valence-electron chi connectivity index (χ1n) is 2.32. The summed E-state index contributed by atoms with van der Waals surface area (Å²) in [6, 6.07) is 0. The van der Waals surface area contributed by atoms with Gasteiger partial charge in [-0.25, -0.2) is 0 Å². The first-order chi connectivity index (χ1) is 3.72. The summed E-state index contributed by atoms with van der Waals surface area (Å²) in [6.45, 7) is 6.49. The Morgan fingerprint density at radius 3 is 2.38 bits per heavy atom. The molecular weight excluding hydrogens is 104 g/mol. The molecule has 0 aromatic heterocycles. The zero-order valence-electron chi connectivity index (χ0n) is 4.67. The normalized spacial score (nSPS) is 12.8. The Kier molecular flexibility index (Phi) is 3.15. The van der Waals surface area contributed by atoms with Crippen LogP contribution in [0.1, 0.15) is 0 Å². The third-order valence-corrected chi connectivity index (χ3v) is 0.863.